The molecule has 0 aliphatic heterocycles. The number of carbonyl (C=O) groups is 2. The van der Waals surface area contributed by atoms with Gasteiger partial charge >= 0.3 is 5.97 Å². The summed E-state index contributed by atoms with van der Waals surface area (Å²) in [5.41, 5.74) is 9.86. The number of para-hydroxylation sites is 1. The molecule has 0 unspecified atom stereocenters. The second-order valence-electron chi connectivity index (χ2n) is 6.28. The number of esters is 1. The lowest BCUT2D eigenvalue weighted by molar-refractivity contribution is 0.0475. The fourth-order valence-electron chi connectivity index (χ4n) is 3.00. The number of nitrogens with zero attached hydrogens (tertiary/aromatic N) is 1. The van der Waals surface area contributed by atoms with Gasteiger partial charge in [-0.15, -0.1) is 0 Å². The van der Waals surface area contributed by atoms with E-state index in [9.17, 15) is 9.59 Å². The quantitative estimate of drug-likeness (QED) is 0.517. The fraction of sp³-hybridized carbons (Fsp3) is 0.368. The van der Waals surface area contributed by atoms with Gasteiger partial charge in [-0.2, -0.15) is 0 Å². The molecule has 5 nitrogen and oxygen atoms in total. The minimum atomic E-state index is -0.581. The van der Waals surface area contributed by atoms with Gasteiger partial charge in [-0.1, -0.05) is 12.1 Å². The number of rotatable bonds is 5. The molecule has 0 saturated carbocycles. The number of aromatic nitrogens is 1. The lowest BCUT2D eigenvalue weighted by Gasteiger charge is -2.13. The number of carbonyl (C=O) groups excluding carboxylic acids is 2. The number of Topliss-reactive ketones (excluding diaryl/α,β-unsaturated/α-hetero) is 1. The van der Waals surface area contributed by atoms with E-state index in [-0.39, 0.29) is 24.0 Å². The van der Waals surface area contributed by atoms with Gasteiger partial charge in [-0.3, -0.25) is 4.79 Å². The number of aryl methyl sites for hydroxylation is 2. The maximum atomic E-state index is 12.4. The number of nitrogen functional groups attached to an aromatic ring is 1. The first-order valence-corrected chi connectivity index (χ1v) is 7.97. The third-order valence-corrected chi connectivity index (χ3v) is 4.18. The lowest BCUT2D eigenvalue weighted by atomic mass is 10.1. The average Bonchev–Trinajstić information content (AvgIpc) is 2.82. The molecular weight excluding hydrogens is 304 g/mol. The van der Waals surface area contributed by atoms with E-state index in [4.69, 9.17) is 10.5 Å². The van der Waals surface area contributed by atoms with Crippen LogP contribution in [-0.2, 0) is 4.74 Å². The van der Waals surface area contributed by atoms with E-state index < -0.39 is 5.97 Å². The first-order chi connectivity index (χ1) is 11.2. The van der Waals surface area contributed by atoms with Crippen LogP contribution in [0.3, 0.4) is 0 Å². The van der Waals surface area contributed by atoms with Gasteiger partial charge in [0.2, 0.25) is 5.78 Å². The minimum Gasteiger partial charge on any atom is -0.454 e. The second-order valence-corrected chi connectivity index (χ2v) is 6.28. The van der Waals surface area contributed by atoms with Crippen LogP contribution in [0, 0.1) is 20.8 Å². The number of nitrogens with two attached hydrogens (primary N) is 1. The summed E-state index contributed by atoms with van der Waals surface area (Å²) in [6.07, 6.45) is 0. The van der Waals surface area contributed by atoms with Crippen LogP contribution >= 0.6 is 0 Å². The number of ether oxygens (including phenoxy) is 1. The Morgan fingerprint density at radius 3 is 2.42 bits per heavy atom. The van der Waals surface area contributed by atoms with Gasteiger partial charge in [-0.25, -0.2) is 4.79 Å². The summed E-state index contributed by atoms with van der Waals surface area (Å²) in [7, 11) is 0. The molecule has 0 aliphatic carbocycles. The monoisotopic (exact) mass is 328 g/mol. The number of hydrogen-bond acceptors (Lipinski definition) is 4. The van der Waals surface area contributed by atoms with Crippen LogP contribution in [0.2, 0.25) is 0 Å². The largest absolute Gasteiger partial charge is 0.454 e. The molecule has 5 heteroatoms. The summed E-state index contributed by atoms with van der Waals surface area (Å²) in [5.74, 6) is -0.795. The van der Waals surface area contributed by atoms with Crippen molar-refractivity contribution >= 4 is 17.4 Å². The number of ketones is 1. The van der Waals surface area contributed by atoms with E-state index in [0.29, 0.717) is 11.3 Å². The van der Waals surface area contributed by atoms with Crippen LogP contribution in [0.4, 0.5) is 5.69 Å². The number of benzene rings is 1. The van der Waals surface area contributed by atoms with E-state index in [2.05, 4.69) is 18.4 Å². The topological polar surface area (TPSA) is 74.3 Å². The molecule has 0 fully saturated rings. The maximum absolute atomic E-state index is 12.4. The Morgan fingerprint density at radius 1 is 1.17 bits per heavy atom. The van der Waals surface area contributed by atoms with Gasteiger partial charge in [0.15, 0.2) is 6.61 Å². The Hall–Kier alpha value is -2.56. The molecule has 0 atom stereocenters. The molecule has 1 heterocycles. The van der Waals surface area contributed by atoms with Gasteiger partial charge in [0, 0.05) is 28.7 Å². The Kier molecular flexibility index (Phi) is 5.12. The van der Waals surface area contributed by atoms with Crippen LogP contribution in [0.1, 0.15) is 57.6 Å². The zero-order valence-electron chi connectivity index (χ0n) is 14.8. The molecule has 1 aromatic heterocycles. The highest BCUT2D eigenvalue weighted by atomic mass is 16.5. The highest BCUT2D eigenvalue weighted by Crippen LogP contribution is 2.21. The molecule has 0 radical (unpaired) electrons. The third-order valence-electron chi connectivity index (χ3n) is 4.18. The molecule has 24 heavy (non-hydrogen) atoms. The molecule has 0 saturated heterocycles. The van der Waals surface area contributed by atoms with Gasteiger partial charge in [0.25, 0.3) is 0 Å². The third kappa shape index (κ3) is 3.35. The number of anilines is 1. The fourth-order valence-corrected chi connectivity index (χ4v) is 3.00. The first-order valence-electron chi connectivity index (χ1n) is 7.97. The van der Waals surface area contributed by atoms with Crippen molar-refractivity contribution in [2.75, 3.05) is 12.3 Å². The van der Waals surface area contributed by atoms with Crippen molar-refractivity contribution in [2.45, 2.75) is 40.7 Å². The predicted molar refractivity (Wildman–Crippen MR) is 94.5 cm³/mol. The van der Waals surface area contributed by atoms with Crippen molar-refractivity contribution in [3.05, 3.63) is 52.3 Å². The Bertz CT molecular complexity index is 788. The Morgan fingerprint density at radius 2 is 1.83 bits per heavy atom. The summed E-state index contributed by atoms with van der Waals surface area (Å²) in [5, 5.41) is 0. The van der Waals surface area contributed by atoms with Crippen LogP contribution in [0.15, 0.2) is 24.3 Å². The molecular formula is C19H24N2O3. The number of hydrogen-bond donors (Lipinski definition) is 1. The van der Waals surface area contributed by atoms with E-state index in [0.717, 1.165) is 17.0 Å². The standard InChI is InChI=1S/C19H24N2O3/c1-11(2)21-13(4)9-16(14(21)5)17(22)10-24-19(23)15-8-6-7-12(3)18(15)20/h6-9,11H,10,20H2,1-5H3. The molecule has 2 N–H and O–H groups in total. The second kappa shape index (κ2) is 6.91. The van der Waals surface area contributed by atoms with Crippen molar-refractivity contribution in [3.8, 4) is 0 Å². The summed E-state index contributed by atoms with van der Waals surface area (Å²) in [6, 6.07) is 7.26. The van der Waals surface area contributed by atoms with E-state index in [1.54, 1.807) is 12.1 Å². The van der Waals surface area contributed by atoms with Crippen LogP contribution in [0.25, 0.3) is 0 Å². The average molecular weight is 328 g/mol. The molecule has 0 bridgehead atoms. The van der Waals surface area contributed by atoms with Gasteiger partial charge in [0.05, 0.1) is 5.56 Å². The summed E-state index contributed by atoms with van der Waals surface area (Å²) >= 11 is 0. The molecule has 2 aromatic rings. The predicted octanol–water partition coefficient (Wildman–Crippen LogP) is 3.62. The molecule has 0 aliphatic rings. The van der Waals surface area contributed by atoms with Crippen LogP contribution < -0.4 is 5.73 Å². The lowest BCUT2D eigenvalue weighted by Crippen LogP contribution is -2.16. The molecule has 0 spiro atoms. The van der Waals surface area contributed by atoms with Gasteiger partial charge in [-0.05, 0) is 52.3 Å². The molecule has 1 aromatic carbocycles. The molecule has 0 amide bonds. The van der Waals surface area contributed by atoms with E-state index in [1.165, 1.54) is 0 Å². The van der Waals surface area contributed by atoms with E-state index in [1.807, 2.05) is 32.9 Å². The van der Waals surface area contributed by atoms with Crippen molar-refractivity contribution in [1.82, 2.24) is 4.57 Å². The smallest absolute Gasteiger partial charge is 0.340 e. The first kappa shape index (κ1) is 17.8. The van der Waals surface area contributed by atoms with Crippen molar-refractivity contribution in [2.24, 2.45) is 0 Å². The highest BCUT2D eigenvalue weighted by molar-refractivity contribution is 6.01. The minimum absolute atomic E-state index is 0.213. The molecule has 2 rings (SSSR count). The zero-order chi connectivity index (χ0) is 18.0. The van der Waals surface area contributed by atoms with Crippen molar-refractivity contribution in [1.29, 1.82) is 0 Å². The van der Waals surface area contributed by atoms with Crippen molar-refractivity contribution < 1.29 is 14.3 Å². The van der Waals surface area contributed by atoms with Gasteiger partial charge < -0.3 is 15.0 Å². The van der Waals surface area contributed by atoms with E-state index >= 15 is 0 Å². The van der Waals surface area contributed by atoms with Crippen LogP contribution in [-0.4, -0.2) is 22.9 Å². The summed E-state index contributed by atoms with van der Waals surface area (Å²) < 4.78 is 7.26. The SMILES string of the molecule is Cc1cccc(C(=O)OCC(=O)c2cc(C)n(C(C)C)c2C)c1N. The summed E-state index contributed by atoms with van der Waals surface area (Å²) in [6.45, 7) is 9.51. The van der Waals surface area contributed by atoms with Gasteiger partial charge in [0.1, 0.15) is 0 Å². The summed E-state index contributed by atoms with van der Waals surface area (Å²) in [4.78, 5) is 24.6. The maximum Gasteiger partial charge on any atom is 0.340 e. The normalized spacial score (nSPS) is 10.9. The highest BCUT2D eigenvalue weighted by Gasteiger charge is 2.19. The van der Waals surface area contributed by atoms with Crippen LogP contribution in [0.5, 0.6) is 0 Å². The van der Waals surface area contributed by atoms with Crippen molar-refractivity contribution in [3.63, 3.8) is 0 Å². The molecule has 128 valence electrons. The zero-order valence-corrected chi connectivity index (χ0v) is 14.8. The Labute approximate surface area is 142 Å². The Balaban J connectivity index is 2.13.